The monoisotopic (exact) mass is 273 g/mol. The summed E-state index contributed by atoms with van der Waals surface area (Å²) in [6.07, 6.45) is 3.58. The smallest absolute Gasteiger partial charge is 0.251 e. The molecule has 6 nitrogen and oxygen atoms in total. The van der Waals surface area contributed by atoms with E-state index in [9.17, 15) is 4.79 Å². The number of benzene rings is 1. The predicted octanol–water partition coefficient (Wildman–Crippen LogP) is 1.43. The Labute approximate surface area is 116 Å². The van der Waals surface area contributed by atoms with Gasteiger partial charge in [0.1, 0.15) is 0 Å². The molecule has 1 atom stereocenters. The number of nitrogens with one attached hydrogen (secondary N) is 1. The largest absolute Gasteiger partial charge is 0.454 e. The molecule has 1 aromatic carbocycles. The summed E-state index contributed by atoms with van der Waals surface area (Å²) in [6, 6.07) is 7.00. The van der Waals surface area contributed by atoms with Gasteiger partial charge in [-0.05, 0) is 31.2 Å². The molecule has 2 aromatic rings. The van der Waals surface area contributed by atoms with Crippen molar-refractivity contribution in [3.63, 3.8) is 0 Å². The number of rotatable bonds is 4. The quantitative estimate of drug-likeness (QED) is 0.915. The normalized spacial score (nSPS) is 14.1. The Morgan fingerprint density at radius 2 is 2.30 bits per heavy atom. The summed E-state index contributed by atoms with van der Waals surface area (Å²) in [5.41, 5.74) is 0.557. The first-order chi connectivity index (χ1) is 9.72. The highest BCUT2D eigenvalue weighted by Crippen LogP contribution is 2.32. The van der Waals surface area contributed by atoms with Crippen LogP contribution in [-0.4, -0.2) is 28.5 Å². The van der Waals surface area contributed by atoms with E-state index in [0.29, 0.717) is 23.6 Å². The molecule has 0 saturated heterocycles. The van der Waals surface area contributed by atoms with Crippen LogP contribution in [0, 0.1) is 0 Å². The van der Waals surface area contributed by atoms with Gasteiger partial charge in [-0.1, -0.05) is 0 Å². The van der Waals surface area contributed by atoms with Gasteiger partial charge in [0.25, 0.3) is 5.91 Å². The molecule has 0 radical (unpaired) electrons. The maximum absolute atomic E-state index is 12.1. The Morgan fingerprint density at radius 3 is 3.10 bits per heavy atom. The van der Waals surface area contributed by atoms with Crippen molar-refractivity contribution in [1.82, 2.24) is 15.1 Å². The molecule has 6 heteroatoms. The molecule has 1 amide bonds. The average molecular weight is 273 g/mol. The summed E-state index contributed by atoms with van der Waals surface area (Å²) in [4.78, 5) is 12.1. The average Bonchev–Trinajstić information content (AvgIpc) is 3.07. The Balaban J connectivity index is 1.64. The SMILES string of the molecule is C[C@H](Cn1cccn1)NC(=O)c1ccc2c(c1)OCO2. The van der Waals surface area contributed by atoms with Crippen LogP contribution in [0.3, 0.4) is 0 Å². The summed E-state index contributed by atoms with van der Waals surface area (Å²) < 4.78 is 12.3. The number of ether oxygens (including phenoxy) is 2. The molecule has 0 aliphatic carbocycles. The van der Waals surface area contributed by atoms with Crippen molar-refractivity contribution in [2.45, 2.75) is 19.5 Å². The highest BCUT2D eigenvalue weighted by molar-refractivity contribution is 5.95. The summed E-state index contributed by atoms with van der Waals surface area (Å²) in [5.74, 6) is 1.14. The van der Waals surface area contributed by atoms with Crippen molar-refractivity contribution in [2.24, 2.45) is 0 Å². The van der Waals surface area contributed by atoms with Crippen molar-refractivity contribution in [1.29, 1.82) is 0 Å². The number of fused-ring (bicyclic) bond motifs is 1. The third-order valence-corrected chi connectivity index (χ3v) is 3.03. The third kappa shape index (κ3) is 2.59. The minimum atomic E-state index is -0.136. The molecule has 0 unspecified atom stereocenters. The van der Waals surface area contributed by atoms with Crippen molar-refractivity contribution < 1.29 is 14.3 Å². The number of carbonyl (C=O) groups is 1. The van der Waals surface area contributed by atoms with E-state index in [2.05, 4.69) is 10.4 Å². The molecule has 0 spiro atoms. The fourth-order valence-corrected chi connectivity index (χ4v) is 2.08. The van der Waals surface area contributed by atoms with E-state index < -0.39 is 0 Å². The second-order valence-corrected chi connectivity index (χ2v) is 4.67. The van der Waals surface area contributed by atoms with Gasteiger partial charge in [0.15, 0.2) is 11.5 Å². The Morgan fingerprint density at radius 1 is 1.45 bits per heavy atom. The number of aromatic nitrogens is 2. The second kappa shape index (κ2) is 5.24. The van der Waals surface area contributed by atoms with Crippen molar-refractivity contribution in [3.8, 4) is 11.5 Å². The van der Waals surface area contributed by atoms with Gasteiger partial charge in [-0.3, -0.25) is 9.48 Å². The molecule has 0 bridgehead atoms. The molecule has 0 fully saturated rings. The highest BCUT2D eigenvalue weighted by atomic mass is 16.7. The predicted molar refractivity (Wildman–Crippen MR) is 71.7 cm³/mol. The van der Waals surface area contributed by atoms with Crippen molar-refractivity contribution in [2.75, 3.05) is 6.79 Å². The van der Waals surface area contributed by atoms with E-state index >= 15 is 0 Å². The lowest BCUT2D eigenvalue weighted by molar-refractivity contribution is 0.0935. The fraction of sp³-hybridized carbons (Fsp3) is 0.286. The number of amides is 1. The van der Waals surface area contributed by atoms with Crippen molar-refractivity contribution >= 4 is 5.91 Å². The van der Waals surface area contributed by atoms with Crippen LogP contribution in [0.4, 0.5) is 0 Å². The van der Waals surface area contributed by atoms with Gasteiger partial charge in [-0.2, -0.15) is 5.10 Å². The topological polar surface area (TPSA) is 65.4 Å². The van der Waals surface area contributed by atoms with Gasteiger partial charge in [0.2, 0.25) is 6.79 Å². The molecule has 104 valence electrons. The Hall–Kier alpha value is -2.50. The summed E-state index contributed by atoms with van der Waals surface area (Å²) in [5, 5.41) is 7.04. The molecule has 1 aromatic heterocycles. The van der Waals surface area contributed by atoms with E-state index in [0.717, 1.165) is 0 Å². The van der Waals surface area contributed by atoms with E-state index in [-0.39, 0.29) is 18.7 Å². The minimum absolute atomic E-state index is 0.0205. The van der Waals surface area contributed by atoms with E-state index in [1.807, 2.05) is 19.2 Å². The van der Waals surface area contributed by atoms with E-state index in [1.165, 1.54) is 0 Å². The zero-order chi connectivity index (χ0) is 13.9. The first kappa shape index (κ1) is 12.5. The second-order valence-electron chi connectivity index (χ2n) is 4.67. The van der Waals surface area contributed by atoms with Crippen LogP contribution < -0.4 is 14.8 Å². The van der Waals surface area contributed by atoms with Crippen LogP contribution >= 0.6 is 0 Å². The number of nitrogens with zero attached hydrogens (tertiary/aromatic N) is 2. The molecular weight excluding hydrogens is 258 g/mol. The lowest BCUT2D eigenvalue weighted by atomic mass is 10.2. The summed E-state index contributed by atoms with van der Waals surface area (Å²) in [6.45, 7) is 2.77. The van der Waals surface area contributed by atoms with Crippen LogP contribution in [0.15, 0.2) is 36.7 Å². The maximum Gasteiger partial charge on any atom is 0.251 e. The minimum Gasteiger partial charge on any atom is -0.454 e. The summed E-state index contributed by atoms with van der Waals surface area (Å²) in [7, 11) is 0. The Kier molecular flexibility index (Phi) is 3.28. The van der Waals surface area contributed by atoms with Crippen LogP contribution in [0.1, 0.15) is 17.3 Å². The number of hydrogen-bond donors (Lipinski definition) is 1. The third-order valence-electron chi connectivity index (χ3n) is 3.03. The van der Waals surface area contributed by atoms with Crippen LogP contribution in [0.5, 0.6) is 11.5 Å². The van der Waals surface area contributed by atoms with Crippen LogP contribution in [0.2, 0.25) is 0 Å². The molecule has 1 aliphatic rings. The molecule has 0 saturated carbocycles. The molecule has 2 heterocycles. The van der Waals surface area contributed by atoms with Crippen molar-refractivity contribution in [3.05, 3.63) is 42.2 Å². The molecule has 3 rings (SSSR count). The Bertz CT molecular complexity index is 610. The van der Waals surface area contributed by atoms with Crippen LogP contribution in [0.25, 0.3) is 0 Å². The molecule has 1 aliphatic heterocycles. The molecule has 1 N–H and O–H groups in total. The highest BCUT2D eigenvalue weighted by Gasteiger charge is 2.17. The molecule has 20 heavy (non-hydrogen) atoms. The van der Waals surface area contributed by atoms with Gasteiger partial charge in [0, 0.05) is 24.0 Å². The maximum atomic E-state index is 12.1. The van der Waals surface area contributed by atoms with Gasteiger partial charge < -0.3 is 14.8 Å². The fourth-order valence-electron chi connectivity index (χ4n) is 2.08. The molecular formula is C14H15N3O3. The first-order valence-electron chi connectivity index (χ1n) is 6.40. The van der Waals surface area contributed by atoms with E-state index in [1.54, 1.807) is 29.1 Å². The lowest BCUT2D eigenvalue weighted by Gasteiger charge is -2.14. The zero-order valence-corrected chi connectivity index (χ0v) is 11.1. The van der Waals surface area contributed by atoms with Crippen LogP contribution in [-0.2, 0) is 6.54 Å². The van der Waals surface area contributed by atoms with Gasteiger partial charge in [0.05, 0.1) is 6.54 Å². The van der Waals surface area contributed by atoms with E-state index in [4.69, 9.17) is 9.47 Å². The van der Waals surface area contributed by atoms with Gasteiger partial charge >= 0.3 is 0 Å². The number of carbonyl (C=O) groups excluding carboxylic acids is 1. The lowest BCUT2D eigenvalue weighted by Crippen LogP contribution is -2.35. The summed E-state index contributed by atoms with van der Waals surface area (Å²) >= 11 is 0. The standard InChI is InChI=1S/C14H15N3O3/c1-10(8-17-6-2-5-15-17)16-14(18)11-3-4-12-13(7-11)20-9-19-12/h2-7,10H,8-9H2,1H3,(H,16,18)/t10-/m1/s1. The van der Waals surface area contributed by atoms with Gasteiger partial charge in [-0.25, -0.2) is 0 Å². The number of hydrogen-bond acceptors (Lipinski definition) is 4. The van der Waals surface area contributed by atoms with Gasteiger partial charge in [-0.15, -0.1) is 0 Å². The first-order valence-corrected chi connectivity index (χ1v) is 6.40. The zero-order valence-electron chi connectivity index (χ0n) is 11.1.